The van der Waals surface area contributed by atoms with Crippen LogP contribution in [0.3, 0.4) is 0 Å². The SMILES string of the molecule is CCCCCCCCCCCCC[C@H]1O[C@@H]([C@H](O)CCC[C@H](O)CCCCC[C@@H](O)CC2=C[C@H](C)OC2=O)CC[C@H]1O. The van der Waals surface area contributed by atoms with Crippen molar-refractivity contribution in [3.8, 4) is 0 Å². The van der Waals surface area contributed by atoms with Crippen molar-refractivity contribution in [2.45, 2.75) is 204 Å². The maximum absolute atomic E-state index is 11.7. The van der Waals surface area contributed by atoms with Gasteiger partial charge in [-0.3, -0.25) is 0 Å². The molecule has 2 heterocycles. The number of unbranched alkanes of at least 4 members (excludes halogenated alkanes) is 12. The minimum absolute atomic E-state index is 0.173. The number of esters is 1. The molecule has 2 aliphatic heterocycles. The molecule has 2 rings (SSSR count). The van der Waals surface area contributed by atoms with Crippen molar-refractivity contribution in [2.24, 2.45) is 0 Å². The fourth-order valence-corrected chi connectivity index (χ4v) is 6.42. The van der Waals surface area contributed by atoms with E-state index in [0.717, 1.165) is 38.5 Å². The third kappa shape index (κ3) is 16.2. The Bertz CT molecular complexity index is 726. The number of cyclic esters (lactones) is 1. The molecule has 0 aliphatic carbocycles. The second kappa shape index (κ2) is 22.5. The van der Waals surface area contributed by atoms with E-state index in [0.29, 0.717) is 50.5 Å². The predicted octanol–water partition coefficient (Wildman–Crippen LogP) is 7.06. The van der Waals surface area contributed by atoms with Crippen LogP contribution in [0.5, 0.6) is 0 Å². The van der Waals surface area contributed by atoms with E-state index in [1.807, 2.05) is 6.92 Å². The van der Waals surface area contributed by atoms with Crippen molar-refractivity contribution in [1.29, 1.82) is 0 Å². The largest absolute Gasteiger partial charge is 0.455 e. The molecule has 1 saturated heterocycles. The Morgan fingerprint density at radius 3 is 1.95 bits per heavy atom. The number of rotatable bonds is 25. The second-order valence-corrected chi connectivity index (χ2v) is 13.1. The van der Waals surface area contributed by atoms with Gasteiger partial charge in [-0.15, -0.1) is 0 Å². The zero-order valence-corrected chi connectivity index (χ0v) is 26.9. The smallest absolute Gasteiger partial charge is 0.334 e. The van der Waals surface area contributed by atoms with Gasteiger partial charge in [0.25, 0.3) is 0 Å². The summed E-state index contributed by atoms with van der Waals surface area (Å²) in [7, 11) is 0. The van der Waals surface area contributed by atoms with Gasteiger partial charge in [-0.25, -0.2) is 4.79 Å². The topological polar surface area (TPSA) is 116 Å². The number of aliphatic hydroxyl groups is 4. The van der Waals surface area contributed by atoms with Gasteiger partial charge in [-0.2, -0.15) is 0 Å². The number of carbonyl (C=O) groups excluding carboxylic acids is 1. The van der Waals surface area contributed by atoms with Gasteiger partial charge in [0, 0.05) is 12.0 Å². The summed E-state index contributed by atoms with van der Waals surface area (Å²) in [6.45, 7) is 4.07. The van der Waals surface area contributed by atoms with Gasteiger partial charge in [0.05, 0.1) is 36.6 Å². The number of ether oxygens (including phenoxy) is 2. The third-order valence-corrected chi connectivity index (χ3v) is 9.11. The molecule has 0 aromatic carbocycles. The van der Waals surface area contributed by atoms with Crippen LogP contribution in [0.15, 0.2) is 11.6 Å². The Labute approximate surface area is 256 Å². The van der Waals surface area contributed by atoms with Gasteiger partial charge >= 0.3 is 5.97 Å². The van der Waals surface area contributed by atoms with E-state index in [9.17, 15) is 25.2 Å². The first-order chi connectivity index (χ1) is 20.3. The Balaban J connectivity index is 1.47. The van der Waals surface area contributed by atoms with Crippen LogP contribution in [0.25, 0.3) is 0 Å². The van der Waals surface area contributed by atoms with Gasteiger partial charge in [0.1, 0.15) is 6.10 Å². The molecule has 4 N–H and O–H groups in total. The number of aliphatic hydroxyl groups excluding tert-OH is 4. The molecule has 246 valence electrons. The Hall–Kier alpha value is -0.990. The molecule has 42 heavy (non-hydrogen) atoms. The van der Waals surface area contributed by atoms with Gasteiger partial charge in [-0.1, -0.05) is 96.8 Å². The molecule has 0 aromatic rings. The Kier molecular flexibility index (Phi) is 19.9. The summed E-state index contributed by atoms with van der Waals surface area (Å²) in [6, 6.07) is 0. The molecule has 7 heteroatoms. The van der Waals surface area contributed by atoms with Crippen LogP contribution in [0.1, 0.15) is 162 Å². The zero-order chi connectivity index (χ0) is 30.6. The van der Waals surface area contributed by atoms with E-state index in [-0.39, 0.29) is 30.4 Å². The summed E-state index contributed by atoms with van der Waals surface area (Å²) in [6.07, 6.45) is 22.2. The van der Waals surface area contributed by atoms with Crippen molar-refractivity contribution < 1.29 is 34.7 Å². The van der Waals surface area contributed by atoms with E-state index < -0.39 is 18.3 Å². The van der Waals surface area contributed by atoms with E-state index >= 15 is 0 Å². The van der Waals surface area contributed by atoms with E-state index in [1.165, 1.54) is 64.2 Å². The highest BCUT2D eigenvalue weighted by atomic mass is 16.5. The molecule has 2 aliphatic rings. The molecule has 1 fully saturated rings. The monoisotopic (exact) mass is 596 g/mol. The number of hydrogen-bond donors (Lipinski definition) is 4. The first-order valence-corrected chi connectivity index (χ1v) is 17.6. The first kappa shape index (κ1) is 37.2. The lowest BCUT2D eigenvalue weighted by atomic mass is 9.92. The van der Waals surface area contributed by atoms with Gasteiger partial charge in [0.2, 0.25) is 0 Å². The van der Waals surface area contributed by atoms with Crippen LogP contribution in [-0.2, 0) is 14.3 Å². The summed E-state index contributed by atoms with van der Waals surface area (Å²) >= 11 is 0. The molecule has 0 aromatic heterocycles. The van der Waals surface area contributed by atoms with Crippen LogP contribution < -0.4 is 0 Å². The van der Waals surface area contributed by atoms with Crippen LogP contribution in [0.2, 0.25) is 0 Å². The number of hydrogen-bond acceptors (Lipinski definition) is 7. The lowest BCUT2D eigenvalue weighted by Gasteiger charge is -2.36. The molecular formula is C35H64O7. The second-order valence-electron chi connectivity index (χ2n) is 13.1. The highest BCUT2D eigenvalue weighted by Crippen LogP contribution is 2.28. The summed E-state index contributed by atoms with van der Waals surface area (Å²) in [4.78, 5) is 11.7. The zero-order valence-electron chi connectivity index (χ0n) is 26.9. The summed E-state index contributed by atoms with van der Waals surface area (Å²) in [5.74, 6) is -0.318. The van der Waals surface area contributed by atoms with Crippen LogP contribution in [0, 0.1) is 0 Å². The normalized spacial score (nSPS) is 24.8. The summed E-state index contributed by atoms with van der Waals surface area (Å²) < 4.78 is 11.2. The Morgan fingerprint density at radius 1 is 0.762 bits per heavy atom. The fraction of sp³-hybridized carbons (Fsp3) is 0.914. The van der Waals surface area contributed by atoms with Crippen molar-refractivity contribution in [1.82, 2.24) is 0 Å². The maximum Gasteiger partial charge on any atom is 0.334 e. The van der Waals surface area contributed by atoms with Crippen LogP contribution in [0.4, 0.5) is 0 Å². The maximum atomic E-state index is 11.7. The van der Waals surface area contributed by atoms with E-state index in [4.69, 9.17) is 9.47 Å². The van der Waals surface area contributed by atoms with Crippen LogP contribution in [-0.4, -0.2) is 69.1 Å². The highest BCUT2D eigenvalue weighted by molar-refractivity contribution is 5.90. The third-order valence-electron chi connectivity index (χ3n) is 9.11. The molecule has 0 amide bonds. The minimum atomic E-state index is -0.554. The summed E-state index contributed by atoms with van der Waals surface area (Å²) in [5, 5.41) is 41.8. The Morgan fingerprint density at radius 2 is 1.33 bits per heavy atom. The van der Waals surface area contributed by atoms with Gasteiger partial charge < -0.3 is 29.9 Å². The van der Waals surface area contributed by atoms with E-state index in [2.05, 4.69) is 6.92 Å². The quantitative estimate of drug-likeness (QED) is 0.0658. The standard InChI is InChI=1S/C35H64O7/c1-3-4-5-6-7-8-9-10-11-12-16-22-33-32(39)23-24-34(42-33)31(38)21-17-20-29(36)18-14-13-15-19-30(37)26-28-25-27(2)41-35(28)40/h25,27,29-34,36-39H,3-24,26H2,1-2H3/t27-,29+,30+,31+,32+,33+,34+/m0/s1. The summed E-state index contributed by atoms with van der Waals surface area (Å²) in [5.41, 5.74) is 0.572. The molecule has 0 unspecified atom stereocenters. The average Bonchev–Trinajstić information content (AvgIpc) is 3.27. The van der Waals surface area contributed by atoms with Crippen molar-refractivity contribution in [3.05, 3.63) is 11.6 Å². The van der Waals surface area contributed by atoms with Crippen molar-refractivity contribution in [2.75, 3.05) is 0 Å². The van der Waals surface area contributed by atoms with Crippen molar-refractivity contribution in [3.63, 3.8) is 0 Å². The lowest BCUT2D eigenvalue weighted by Crippen LogP contribution is -2.43. The molecule has 7 nitrogen and oxygen atoms in total. The highest BCUT2D eigenvalue weighted by Gasteiger charge is 2.33. The van der Waals surface area contributed by atoms with E-state index in [1.54, 1.807) is 6.08 Å². The fourth-order valence-electron chi connectivity index (χ4n) is 6.42. The molecule has 0 spiro atoms. The van der Waals surface area contributed by atoms with Crippen molar-refractivity contribution >= 4 is 5.97 Å². The van der Waals surface area contributed by atoms with Crippen LogP contribution >= 0.6 is 0 Å². The number of carbonyl (C=O) groups is 1. The van der Waals surface area contributed by atoms with Gasteiger partial charge in [0.15, 0.2) is 0 Å². The molecule has 0 bridgehead atoms. The lowest BCUT2D eigenvalue weighted by molar-refractivity contribution is -0.155. The molecule has 0 radical (unpaired) electrons. The first-order valence-electron chi connectivity index (χ1n) is 17.6. The van der Waals surface area contributed by atoms with Gasteiger partial charge in [-0.05, 0) is 64.4 Å². The minimum Gasteiger partial charge on any atom is -0.455 e. The predicted molar refractivity (Wildman–Crippen MR) is 168 cm³/mol. The molecule has 0 saturated carbocycles. The average molecular weight is 597 g/mol. The molecule has 7 atom stereocenters. The molecular weight excluding hydrogens is 532 g/mol.